The molecule has 3 heteroatoms. The van der Waals surface area contributed by atoms with Gasteiger partial charge in [-0.05, 0) is 12.1 Å². The Bertz CT molecular complexity index is 263. The number of rotatable bonds is 0. The summed E-state index contributed by atoms with van der Waals surface area (Å²) in [5.74, 6) is 1.33. The molecule has 2 heterocycles. The summed E-state index contributed by atoms with van der Waals surface area (Å²) in [4.78, 5) is 0. The van der Waals surface area contributed by atoms with E-state index in [2.05, 4.69) is 0 Å². The van der Waals surface area contributed by atoms with Crippen LogP contribution in [0.3, 0.4) is 0 Å². The number of hydrogen-bond acceptors (Lipinski definition) is 1. The van der Waals surface area contributed by atoms with Crippen LogP contribution < -0.4 is 4.74 Å². The number of halogens is 2. The van der Waals surface area contributed by atoms with Crippen LogP contribution >= 0.6 is 23.2 Å². The Morgan fingerprint density at radius 1 is 1.22 bits per heavy atom. The van der Waals surface area contributed by atoms with Crippen LogP contribution in [0.25, 0.3) is 0 Å². The summed E-state index contributed by atoms with van der Waals surface area (Å²) in [6.45, 7) is 0. The van der Waals surface area contributed by atoms with E-state index in [1.54, 1.807) is 12.1 Å². The predicted octanol–water partition coefficient (Wildman–Crippen LogP) is 3.10. The third-order valence-corrected chi connectivity index (χ3v) is 1.88. The minimum absolute atomic E-state index is 0.579. The molecule has 0 aromatic heterocycles. The summed E-state index contributed by atoms with van der Waals surface area (Å²) in [7, 11) is 0. The Labute approximate surface area is 62.1 Å². The van der Waals surface area contributed by atoms with Gasteiger partial charge >= 0.3 is 0 Å². The zero-order valence-corrected chi connectivity index (χ0v) is 5.83. The number of benzene rings is 1. The van der Waals surface area contributed by atoms with Crippen LogP contribution in [0.1, 0.15) is 0 Å². The van der Waals surface area contributed by atoms with E-state index in [0.29, 0.717) is 15.8 Å². The van der Waals surface area contributed by atoms with Crippen molar-refractivity contribution in [3.05, 3.63) is 22.2 Å². The van der Waals surface area contributed by atoms with Gasteiger partial charge in [0.25, 0.3) is 0 Å². The first-order valence-corrected chi connectivity index (χ1v) is 3.20. The van der Waals surface area contributed by atoms with Gasteiger partial charge in [-0.25, -0.2) is 0 Å². The molecule has 9 heavy (non-hydrogen) atoms. The van der Waals surface area contributed by atoms with Crippen LogP contribution in [0, 0.1) is 0 Å². The first kappa shape index (κ1) is 5.39. The molecular weight excluding hydrogens is 159 g/mol. The fraction of sp³-hybridized carbons (Fsp3) is 0. The Balaban J connectivity index is 2.74. The zero-order chi connectivity index (χ0) is 6.43. The molecule has 3 rings (SSSR count). The summed E-state index contributed by atoms with van der Waals surface area (Å²) < 4.78 is 5.01. The lowest BCUT2D eigenvalue weighted by molar-refractivity contribution is 0.439. The minimum Gasteiger partial charge on any atom is -0.452 e. The Morgan fingerprint density at radius 3 is 2.33 bits per heavy atom. The molecule has 2 aliphatic rings. The third-order valence-electron chi connectivity index (χ3n) is 1.23. The second-order valence-electron chi connectivity index (χ2n) is 1.79. The maximum Gasteiger partial charge on any atom is 0.168 e. The number of hydrogen-bond donors (Lipinski definition) is 0. The summed E-state index contributed by atoms with van der Waals surface area (Å²) in [6, 6.07) is 3.51. The van der Waals surface area contributed by atoms with Crippen LogP contribution in [-0.2, 0) is 0 Å². The van der Waals surface area contributed by atoms with E-state index in [4.69, 9.17) is 27.9 Å². The van der Waals surface area contributed by atoms with Crippen molar-refractivity contribution in [2.45, 2.75) is 0 Å². The van der Waals surface area contributed by atoms with Gasteiger partial charge in [0.15, 0.2) is 5.75 Å². The van der Waals surface area contributed by atoms with Crippen molar-refractivity contribution >= 4 is 23.2 Å². The lowest BCUT2D eigenvalue weighted by atomic mass is 10.2. The van der Waals surface area contributed by atoms with E-state index in [-0.39, 0.29) is 0 Å². The van der Waals surface area contributed by atoms with Gasteiger partial charge in [0.2, 0.25) is 0 Å². The second-order valence-corrected chi connectivity index (χ2v) is 2.58. The highest BCUT2D eigenvalue weighted by Crippen LogP contribution is 2.50. The van der Waals surface area contributed by atoms with Crippen LogP contribution in [0.4, 0.5) is 0 Å². The number of ether oxygens (including phenoxy) is 1. The second kappa shape index (κ2) is 1.55. The van der Waals surface area contributed by atoms with Gasteiger partial charge in [-0.15, -0.1) is 0 Å². The SMILES string of the molecule is Clc1ccc2c(Cl)c1O2. The molecule has 0 unspecified atom stereocenters. The molecule has 2 bridgehead atoms. The van der Waals surface area contributed by atoms with Crippen molar-refractivity contribution in [2.24, 2.45) is 0 Å². The van der Waals surface area contributed by atoms with E-state index in [9.17, 15) is 0 Å². The normalized spacial score (nSPS) is 12.2. The standard InChI is InChI=1S/C6H2Cl2O/c7-3-1-2-4-5(8)6(3)9-4/h1-2H. The molecule has 1 nitrogen and oxygen atoms in total. The van der Waals surface area contributed by atoms with E-state index in [0.717, 1.165) is 5.75 Å². The van der Waals surface area contributed by atoms with E-state index >= 15 is 0 Å². The molecule has 0 spiro atoms. The summed E-state index contributed by atoms with van der Waals surface area (Å²) >= 11 is 11.3. The Kier molecular flexibility index (Phi) is 0.930. The van der Waals surface area contributed by atoms with Crippen molar-refractivity contribution < 1.29 is 4.74 Å². The van der Waals surface area contributed by atoms with E-state index in [1.807, 2.05) is 0 Å². The largest absolute Gasteiger partial charge is 0.452 e. The molecule has 0 aliphatic carbocycles. The topological polar surface area (TPSA) is 9.23 Å². The Hall–Kier alpha value is -0.400. The van der Waals surface area contributed by atoms with Crippen LogP contribution in [0.2, 0.25) is 10.0 Å². The smallest absolute Gasteiger partial charge is 0.168 e. The van der Waals surface area contributed by atoms with Gasteiger partial charge in [-0.1, -0.05) is 23.2 Å². The molecule has 2 aliphatic heterocycles. The quantitative estimate of drug-likeness (QED) is 0.576. The highest BCUT2D eigenvalue weighted by Gasteiger charge is 2.22. The highest BCUT2D eigenvalue weighted by molar-refractivity contribution is 6.39. The predicted molar refractivity (Wildman–Crippen MR) is 36.5 cm³/mol. The first-order chi connectivity index (χ1) is 4.29. The minimum atomic E-state index is 0.579. The van der Waals surface area contributed by atoms with Crippen molar-refractivity contribution in [3.8, 4) is 11.5 Å². The molecule has 0 atom stereocenters. The molecule has 0 N–H and O–H groups in total. The van der Waals surface area contributed by atoms with Gasteiger partial charge in [0.1, 0.15) is 10.8 Å². The van der Waals surface area contributed by atoms with E-state index < -0.39 is 0 Å². The van der Waals surface area contributed by atoms with E-state index in [1.165, 1.54) is 0 Å². The van der Waals surface area contributed by atoms with Gasteiger partial charge in [-0.3, -0.25) is 0 Å². The molecule has 0 saturated carbocycles. The highest BCUT2D eigenvalue weighted by atomic mass is 35.5. The lowest BCUT2D eigenvalue weighted by Gasteiger charge is -2.20. The third kappa shape index (κ3) is 0.562. The molecule has 0 radical (unpaired) electrons. The molecule has 46 valence electrons. The molecule has 1 aromatic carbocycles. The van der Waals surface area contributed by atoms with Gasteiger partial charge < -0.3 is 4.74 Å². The summed E-state index contributed by atoms with van der Waals surface area (Å²) in [5, 5.41) is 1.22. The van der Waals surface area contributed by atoms with Crippen molar-refractivity contribution in [2.75, 3.05) is 0 Å². The molecule has 1 aromatic rings. The molecular formula is C6H2Cl2O. The average molecular weight is 161 g/mol. The maximum atomic E-state index is 5.67. The maximum absolute atomic E-state index is 5.67. The zero-order valence-electron chi connectivity index (χ0n) is 4.32. The summed E-state index contributed by atoms with van der Waals surface area (Å²) in [5.41, 5.74) is 0. The fourth-order valence-electron chi connectivity index (χ4n) is 0.750. The fourth-order valence-corrected chi connectivity index (χ4v) is 1.24. The molecule has 0 saturated heterocycles. The van der Waals surface area contributed by atoms with Crippen molar-refractivity contribution in [3.63, 3.8) is 0 Å². The van der Waals surface area contributed by atoms with Gasteiger partial charge in [0, 0.05) is 0 Å². The van der Waals surface area contributed by atoms with Crippen LogP contribution in [0.15, 0.2) is 12.1 Å². The monoisotopic (exact) mass is 160 g/mol. The average Bonchev–Trinajstić information content (AvgIpc) is 1.86. The molecule has 0 amide bonds. The van der Waals surface area contributed by atoms with Gasteiger partial charge in [0.05, 0.1) is 5.02 Å². The van der Waals surface area contributed by atoms with Crippen LogP contribution in [0.5, 0.6) is 11.5 Å². The van der Waals surface area contributed by atoms with Gasteiger partial charge in [-0.2, -0.15) is 0 Å². The van der Waals surface area contributed by atoms with Crippen molar-refractivity contribution in [1.82, 2.24) is 0 Å². The first-order valence-electron chi connectivity index (χ1n) is 2.45. The van der Waals surface area contributed by atoms with Crippen molar-refractivity contribution in [1.29, 1.82) is 0 Å². The Morgan fingerprint density at radius 2 is 2.00 bits per heavy atom. The summed E-state index contributed by atoms with van der Waals surface area (Å²) in [6.07, 6.45) is 0. The number of fused-ring (bicyclic) bond motifs is 2. The van der Waals surface area contributed by atoms with Crippen LogP contribution in [-0.4, -0.2) is 0 Å². The lowest BCUT2D eigenvalue weighted by Crippen LogP contribution is -1.97. The molecule has 0 fully saturated rings.